The van der Waals surface area contributed by atoms with Gasteiger partial charge in [-0.1, -0.05) is 36.2 Å². The van der Waals surface area contributed by atoms with Crippen molar-refractivity contribution in [3.63, 3.8) is 0 Å². The largest absolute Gasteiger partial charge is 0.314 e. The smallest absolute Gasteiger partial charge is 0.0270 e. The number of likely N-dealkylation sites (N-methyl/N-ethyl adjacent to an activating group) is 1. The number of nitrogens with one attached hydrogen (secondary N) is 1. The van der Waals surface area contributed by atoms with E-state index >= 15 is 0 Å². The van der Waals surface area contributed by atoms with E-state index in [9.17, 15) is 0 Å². The second-order valence-corrected chi connectivity index (χ2v) is 5.85. The predicted molar refractivity (Wildman–Crippen MR) is 89.6 cm³/mol. The molecule has 1 unspecified atom stereocenters. The third kappa shape index (κ3) is 5.31. The topological polar surface area (TPSA) is 24.9 Å². The summed E-state index contributed by atoms with van der Waals surface area (Å²) in [6, 6.07) is 11.6. The van der Waals surface area contributed by atoms with E-state index in [1.165, 1.54) is 22.3 Å². The van der Waals surface area contributed by atoms with E-state index in [0.717, 1.165) is 25.8 Å². The van der Waals surface area contributed by atoms with Crippen LogP contribution in [-0.4, -0.2) is 17.6 Å². The number of aromatic nitrogens is 1. The van der Waals surface area contributed by atoms with Crippen molar-refractivity contribution in [1.29, 1.82) is 0 Å². The fourth-order valence-corrected chi connectivity index (χ4v) is 2.93. The van der Waals surface area contributed by atoms with Gasteiger partial charge in [-0.05, 0) is 62.9 Å². The summed E-state index contributed by atoms with van der Waals surface area (Å²) in [4.78, 5) is 4.08. The van der Waals surface area contributed by atoms with Gasteiger partial charge in [0.25, 0.3) is 0 Å². The Morgan fingerprint density at radius 2 is 1.67 bits per heavy atom. The van der Waals surface area contributed by atoms with Gasteiger partial charge in [-0.3, -0.25) is 4.98 Å². The van der Waals surface area contributed by atoms with Gasteiger partial charge in [0.15, 0.2) is 0 Å². The van der Waals surface area contributed by atoms with Crippen molar-refractivity contribution < 1.29 is 0 Å². The van der Waals surface area contributed by atoms with E-state index in [1.807, 2.05) is 12.4 Å². The molecule has 0 aliphatic carbocycles. The Morgan fingerprint density at radius 3 is 2.29 bits per heavy atom. The van der Waals surface area contributed by atoms with Gasteiger partial charge in [0.05, 0.1) is 0 Å². The Balaban J connectivity index is 1.98. The Kier molecular flexibility index (Phi) is 5.94. The summed E-state index contributed by atoms with van der Waals surface area (Å²) >= 11 is 0. The van der Waals surface area contributed by atoms with Crippen molar-refractivity contribution in [2.75, 3.05) is 6.54 Å². The summed E-state index contributed by atoms with van der Waals surface area (Å²) < 4.78 is 0. The second-order valence-electron chi connectivity index (χ2n) is 5.85. The fraction of sp³-hybridized carbons (Fsp3) is 0.421. The maximum Gasteiger partial charge on any atom is 0.0270 e. The Bertz CT molecular complexity index is 528. The lowest BCUT2D eigenvalue weighted by Gasteiger charge is -2.18. The predicted octanol–water partition coefficient (Wildman–Crippen LogP) is 3.85. The minimum atomic E-state index is 0.532. The lowest BCUT2D eigenvalue weighted by Crippen LogP contribution is -2.31. The van der Waals surface area contributed by atoms with Crippen molar-refractivity contribution in [3.05, 3.63) is 65.0 Å². The lowest BCUT2D eigenvalue weighted by atomic mass is 9.97. The quantitative estimate of drug-likeness (QED) is 0.834. The standard InChI is InChI=1S/C19H26N2/c1-4-21-19(6-5-17-7-9-20-10-8-17)14-18-12-15(2)11-16(3)13-18/h7-13,19,21H,4-6,14H2,1-3H3. The maximum absolute atomic E-state index is 4.08. The van der Waals surface area contributed by atoms with Gasteiger partial charge < -0.3 is 5.32 Å². The molecule has 0 spiro atoms. The highest BCUT2D eigenvalue weighted by molar-refractivity contribution is 5.29. The van der Waals surface area contributed by atoms with Crippen LogP contribution in [0, 0.1) is 13.8 Å². The minimum absolute atomic E-state index is 0.532. The molecule has 112 valence electrons. The highest BCUT2D eigenvalue weighted by Crippen LogP contribution is 2.13. The Hall–Kier alpha value is -1.67. The molecule has 1 N–H and O–H groups in total. The van der Waals surface area contributed by atoms with Gasteiger partial charge in [0, 0.05) is 18.4 Å². The zero-order valence-corrected chi connectivity index (χ0v) is 13.4. The lowest BCUT2D eigenvalue weighted by molar-refractivity contribution is 0.491. The number of nitrogens with zero attached hydrogens (tertiary/aromatic N) is 1. The van der Waals surface area contributed by atoms with Gasteiger partial charge in [-0.2, -0.15) is 0 Å². The van der Waals surface area contributed by atoms with Gasteiger partial charge in [-0.15, -0.1) is 0 Å². The van der Waals surface area contributed by atoms with Crippen LogP contribution in [0.1, 0.15) is 35.6 Å². The highest BCUT2D eigenvalue weighted by Gasteiger charge is 2.09. The Morgan fingerprint density at radius 1 is 1.00 bits per heavy atom. The molecule has 0 bridgehead atoms. The molecule has 0 saturated heterocycles. The SMILES string of the molecule is CCNC(CCc1ccncc1)Cc1cc(C)cc(C)c1. The van der Waals surface area contributed by atoms with Crippen molar-refractivity contribution in [3.8, 4) is 0 Å². The number of rotatable bonds is 7. The molecular weight excluding hydrogens is 256 g/mol. The van der Waals surface area contributed by atoms with Gasteiger partial charge in [0.2, 0.25) is 0 Å². The van der Waals surface area contributed by atoms with Gasteiger partial charge >= 0.3 is 0 Å². The second kappa shape index (κ2) is 7.94. The van der Waals surface area contributed by atoms with Crippen molar-refractivity contribution in [2.45, 2.75) is 46.1 Å². The molecule has 0 aliphatic heterocycles. The molecule has 0 saturated carbocycles. The molecule has 21 heavy (non-hydrogen) atoms. The third-order valence-electron chi connectivity index (χ3n) is 3.79. The molecule has 2 heteroatoms. The minimum Gasteiger partial charge on any atom is -0.314 e. The van der Waals surface area contributed by atoms with Crippen LogP contribution in [-0.2, 0) is 12.8 Å². The van der Waals surface area contributed by atoms with Crippen molar-refractivity contribution in [2.24, 2.45) is 0 Å². The first-order valence-corrected chi connectivity index (χ1v) is 7.87. The van der Waals surface area contributed by atoms with Crippen LogP contribution in [0.25, 0.3) is 0 Å². The first-order valence-electron chi connectivity index (χ1n) is 7.87. The van der Waals surface area contributed by atoms with Gasteiger partial charge in [-0.25, -0.2) is 0 Å². The zero-order chi connectivity index (χ0) is 15.1. The number of benzene rings is 1. The normalized spacial score (nSPS) is 12.3. The Labute approximate surface area is 128 Å². The molecule has 1 atom stereocenters. The van der Waals surface area contributed by atoms with E-state index in [1.54, 1.807) is 0 Å². The molecule has 2 nitrogen and oxygen atoms in total. The number of aryl methyl sites for hydroxylation is 3. The summed E-state index contributed by atoms with van der Waals surface area (Å²) in [6.07, 6.45) is 7.11. The summed E-state index contributed by atoms with van der Waals surface area (Å²) in [5.74, 6) is 0. The number of hydrogen-bond acceptors (Lipinski definition) is 2. The zero-order valence-electron chi connectivity index (χ0n) is 13.4. The van der Waals surface area contributed by atoms with Crippen LogP contribution in [0.4, 0.5) is 0 Å². The van der Waals surface area contributed by atoms with Crippen molar-refractivity contribution >= 4 is 0 Å². The summed E-state index contributed by atoms with van der Waals surface area (Å²) in [6.45, 7) is 7.55. The average Bonchev–Trinajstić information content (AvgIpc) is 2.45. The number of pyridine rings is 1. The van der Waals surface area contributed by atoms with E-state index in [0.29, 0.717) is 6.04 Å². The molecule has 1 aromatic carbocycles. The van der Waals surface area contributed by atoms with Crippen LogP contribution in [0.2, 0.25) is 0 Å². The first-order chi connectivity index (χ1) is 10.2. The monoisotopic (exact) mass is 282 g/mol. The molecule has 0 amide bonds. The van der Waals surface area contributed by atoms with Crippen LogP contribution >= 0.6 is 0 Å². The van der Waals surface area contributed by atoms with E-state index in [4.69, 9.17) is 0 Å². The molecule has 2 aromatic rings. The van der Waals surface area contributed by atoms with Gasteiger partial charge in [0.1, 0.15) is 0 Å². The average molecular weight is 282 g/mol. The third-order valence-corrected chi connectivity index (χ3v) is 3.79. The molecule has 1 heterocycles. The fourth-order valence-electron chi connectivity index (χ4n) is 2.93. The molecule has 0 radical (unpaired) electrons. The molecule has 1 aromatic heterocycles. The molecule has 0 aliphatic rings. The van der Waals surface area contributed by atoms with Crippen LogP contribution in [0.5, 0.6) is 0 Å². The van der Waals surface area contributed by atoms with Crippen molar-refractivity contribution in [1.82, 2.24) is 10.3 Å². The molecule has 0 fully saturated rings. The summed E-state index contributed by atoms with van der Waals surface area (Å²) in [5, 5.41) is 3.62. The number of hydrogen-bond donors (Lipinski definition) is 1. The van der Waals surface area contributed by atoms with Crippen LogP contribution < -0.4 is 5.32 Å². The summed E-state index contributed by atoms with van der Waals surface area (Å²) in [5.41, 5.74) is 5.52. The molecule has 2 rings (SSSR count). The summed E-state index contributed by atoms with van der Waals surface area (Å²) in [7, 11) is 0. The van der Waals surface area contributed by atoms with Crippen LogP contribution in [0.3, 0.4) is 0 Å². The highest BCUT2D eigenvalue weighted by atomic mass is 14.9. The molecular formula is C19H26N2. The van der Waals surface area contributed by atoms with Crippen LogP contribution in [0.15, 0.2) is 42.7 Å². The van der Waals surface area contributed by atoms with E-state index in [2.05, 4.69) is 61.4 Å². The van der Waals surface area contributed by atoms with E-state index in [-0.39, 0.29) is 0 Å². The maximum atomic E-state index is 4.08. The first kappa shape index (κ1) is 15.7. The van der Waals surface area contributed by atoms with E-state index < -0.39 is 0 Å².